The van der Waals surface area contributed by atoms with E-state index >= 15 is 0 Å². The van der Waals surface area contributed by atoms with Gasteiger partial charge in [0.25, 0.3) is 0 Å². The minimum absolute atomic E-state index is 0.0168. The van der Waals surface area contributed by atoms with Crippen molar-refractivity contribution >= 4 is 15.9 Å². The minimum atomic E-state index is -3.40. The Morgan fingerprint density at radius 3 is 2.21 bits per heavy atom. The van der Waals surface area contributed by atoms with Crippen molar-refractivity contribution in [1.29, 1.82) is 5.26 Å². The Labute approximate surface area is 172 Å². The molecule has 1 saturated heterocycles. The summed E-state index contributed by atoms with van der Waals surface area (Å²) in [5.41, 5.74) is 2.50. The smallest absolute Gasteiger partial charge is 0.243 e. The summed E-state index contributed by atoms with van der Waals surface area (Å²) in [4.78, 5) is 14.4. The van der Waals surface area contributed by atoms with Crippen molar-refractivity contribution in [2.24, 2.45) is 0 Å². The molecule has 6 nitrogen and oxygen atoms in total. The van der Waals surface area contributed by atoms with Crippen LogP contribution in [-0.2, 0) is 27.8 Å². The molecule has 0 bridgehead atoms. The van der Waals surface area contributed by atoms with Gasteiger partial charge >= 0.3 is 0 Å². The van der Waals surface area contributed by atoms with Crippen molar-refractivity contribution in [1.82, 2.24) is 9.21 Å². The maximum absolute atomic E-state index is 12.6. The fraction of sp³-hybridized carbons (Fsp3) is 0.364. The highest BCUT2D eigenvalue weighted by Crippen LogP contribution is 2.21. The van der Waals surface area contributed by atoms with Gasteiger partial charge in [-0.2, -0.15) is 9.57 Å². The second-order valence-corrected chi connectivity index (χ2v) is 9.25. The lowest BCUT2D eigenvalue weighted by Crippen LogP contribution is -2.27. The van der Waals surface area contributed by atoms with Gasteiger partial charge in [0.15, 0.2) is 0 Å². The first kappa shape index (κ1) is 21.0. The zero-order chi connectivity index (χ0) is 20.9. The molecule has 0 N–H and O–H groups in total. The van der Waals surface area contributed by atoms with Crippen molar-refractivity contribution in [2.45, 2.75) is 37.1 Å². The number of hydrogen-bond acceptors (Lipinski definition) is 4. The summed E-state index contributed by atoms with van der Waals surface area (Å²) in [5.74, 6) is 0.0168. The van der Waals surface area contributed by atoms with Crippen LogP contribution in [0.1, 0.15) is 36.0 Å². The molecule has 0 radical (unpaired) electrons. The Bertz CT molecular complexity index is 987. The van der Waals surface area contributed by atoms with Crippen molar-refractivity contribution in [3.8, 4) is 6.07 Å². The molecule has 152 valence electrons. The molecule has 0 saturated carbocycles. The van der Waals surface area contributed by atoms with Crippen LogP contribution in [0.2, 0.25) is 0 Å². The van der Waals surface area contributed by atoms with Crippen LogP contribution in [0, 0.1) is 11.3 Å². The van der Waals surface area contributed by atoms with E-state index in [0.29, 0.717) is 42.9 Å². The maximum Gasteiger partial charge on any atom is 0.243 e. The van der Waals surface area contributed by atoms with Crippen LogP contribution in [0.3, 0.4) is 0 Å². The van der Waals surface area contributed by atoms with Gasteiger partial charge in [-0.05, 0) is 54.7 Å². The third-order valence-corrected chi connectivity index (χ3v) is 7.10. The Kier molecular flexibility index (Phi) is 6.68. The summed E-state index contributed by atoms with van der Waals surface area (Å²) in [5, 5.41) is 8.84. The number of carbonyl (C=O) groups excluding carboxylic acids is 1. The average molecular weight is 412 g/mol. The highest BCUT2D eigenvalue weighted by Gasteiger charge is 2.26. The SMILES string of the molecule is CN(Cc1ccc(C#N)cc1)C(=O)CCc1ccc(S(=O)(=O)N2CCCC2)cc1. The number of aryl methyl sites for hydroxylation is 1. The van der Waals surface area contributed by atoms with Crippen LogP contribution in [0.5, 0.6) is 0 Å². The molecule has 0 atom stereocenters. The Morgan fingerprint density at radius 1 is 1.03 bits per heavy atom. The molecular formula is C22H25N3O3S. The van der Waals surface area contributed by atoms with Crippen LogP contribution in [0.25, 0.3) is 0 Å². The van der Waals surface area contributed by atoms with Crippen molar-refractivity contribution in [3.05, 3.63) is 65.2 Å². The summed E-state index contributed by atoms with van der Waals surface area (Å²) >= 11 is 0. The summed E-state index contributed by atoms with van der Waals surface area (Å²) in [6.45, 7) is 1.66. The predicted molar refractivity (Wildman–Crippen MR) is 110 cm³/mol. The molecule has 1 amide bonds. The number of nitriles is 1. The second kappa shape index (κ2) is 9.21. The summed E-state index contributed by atoms with van der Waals surface area (Å²) in [6.07, 6.45) is 2.73. The van der Waals surface area contributed by atoms with E-state index in [1.54, 1.807) is 48.3 Å². The quantitative estimate of drug-likeness (QED) is 0.701. The number of hydrogen-bond donors (Lipinski definition) is 0. The summed E-state index contributed by atoms with van der Waals surface area (Å²) < 4.78 is 26.7. The molecule has 3 rings (SSSR count). The number of carbonyl (C=O) groups is 1. The third-order valence-electron chi connectivity index (χ3n) is 5.18. The lowest BCUT2D eigenvalue weighted by atomic mass is 10.1. The number of rotatable bonds is 7. The predicted octanol–water partition coefficient (Wildman–Crippen LogP) is 2.93. The van der Waals surface area contributed by atoms with E-state index in [2.05, 4.69) is 6.07 Å². The monoisotopic (exact) mass is 411 g/mol. The topological polar surface area (TPSA) is 81.5 Å². The lowest BCUT2D eigenvalue weighted by molar-refractivity contribution is -0.130. The van der Waals surface area contributed by atoms with Crippen LogP contribution >= 0.6 is 0 Å². The first-order valence-corrected chi connectivity index (χ1v) is 11.2. The van der Waals surface area contributed by atoms with E-state index < -0.39 is 10.0 Å². The molecule has 1 aliphatic heterocycles. The van der Waals surface area contributed by atoms with E-state index in [1.807, 2.05) is 12.1 Å². The molecule has 2 aromatic rings. The van der Waals surface area contributed by atoms with Crippen molar-refractivity contribution in [2.75, 3.05) is 20.1 Å². The van der Waals surface area contributed by atoms with Gasteiger partial charge in [-0.3, -0.25) is 4.79 Å². The molecule has 0 aromatic heterocycles. The van der Waals surface area contributed by atoms with E-state index in [0.717, 1.165) is 24.0 Å². The highest BCUT2D eigenvalue weighted by atomic mass is 32.2. The molecule has 7 heteroatoms. The molecule has 2 aromatic carbocycles. The fourth-order valence-electron chi connectivity index (χ4n) is 3.39. The van der Waals surface area contributed by atoms with Gasteiger partial charge in [-0.25, -0.2) is 8.42 Å². The zero-order valence-corrected chi connectivity index (χ0v) is 17.4. The molecule has 0 aliphatic carbocycles. The summed E-state index contributed by atoms with van der Waals surface area (Å²) in [7, 11) is -1.65. The van der Waals surface area contributed by atoms with Crippen LogP contribution in [0.15, 0.2) is 53.4 Å². The second-order valence-electron chi connectivity index (χ2n) is 7.31. The van der Waals surface area contributed by atoms with E-state index in [1.165, 1.54) is 4.31 Å². The molecule has 1 heterocycles. The molecule has 0 unspecified atom stereocenters. The van der Waals surface area contributed by atoms with Crippen molar-refractivity contribution < 1.29 is 13.2 Å². The van der Waals surface area contributed by atoms with Crippen LogP contribution < -0.4 is 0 Å². The standard InChI is InChI=1S/C22H25N3O3S/c1-24(17-20-6-4-19(16-23)5-7-20)22(26)13-10-18-8-11-21(12-9-18)29(27,28)25-14-2-3-15-25/h4-9,11-12H,2-3,10,13-15,17H2,1H3. The zero-order valence-electron chi connectivity index (χ0n) is 16.5. The minimum Gasteiger partial charge on any atom is -0.341 e. The van der Waals surface area contributed by atoms with Gasteiger partial charge in [0, 0.05) is 33.1 Å². The first-order chi connectivity index (χ1) is 13.9. The van der Waals surface area contributed by atoms with Gasteiger partial charge in [0.2, 0.25) is 15.9 Å². The average Bonchev–Trinajstić information content (AvgIpc) is 3.28. The molecule has 1 aliphatic rings. The Morgan fingerprint density at radius 2 is 1.62 bits per heavy atom. The Hall–Kier alpha value is -2.69. The normalized spacial score (nSPS) is 14.5. The molecular weight excluding hydrogens is 386 g/mol. The van der Waals surface area contributed by atoms with Gasteiger partial charge < -0.3 is 4.90 Å². The van der Waals surface area contributed by atoms with Gasteiger partial charge in [-0.15, -0.1) is 0 Å². The largest absolute Gasteiger partial charge is 0.341 e. The van der Waals surface area contributed by atoms with Crippen LogP contribution in [-0.4, -0.2) is 43.7 Å². The van der Waals surface area contributed by atoms with E-state index in [9.17, 15) is 13.2 Å². The van der Waals surface area contributed by atoms with Gasteiger partial charge in [0.1, 0.15) is 0 Å². The van der Waals surface area contributed by atoms with Crippen LogP contribution in [0.4, 0.5) is 0 Å². The Balaban J connectivity index is 1.53. The third kappa shape index (κ3) is 5.22. The van der Waals surface area contributed by atoms with Gasteiger partial charge in [-0.1, -0.05) is 24.3 Å². The summed E-state index contributed by atoms with van der Waals surface area (Å²) in [6, 6.07) is 16.1. The lowest BCUT2D eigenvalue weighted by Gasteiger charge is -2.18. The van der Waals surface area contributed by atoms with Gasteiger partial charge in [0.05, 0.1) is 16.5 Å². The highest BCUT2D eigenvalue weighted by molar-refractivity contribution is 7.89. The number of amides is 1. The number of nitrogens with zero attached hydrogens (tertiary/aromatic N) is 3. The van der Waals surface area contributed by atoms with Crippen molar-refractivity contribution in [3.63, 3.8) is 0 Å². The molecule has 29 heavy (non-hydrogen) atoms. The number of benzene rings is 2. The molecule has 1 fully saturated rings. The molecule has 0 spiro atoms. The van der Waals surface area contributed by atoms with E-state index in [-0.39, 0.29) is 5.91 Å². The fourth-order valence-corrected chi connectivity index (χ4v) is 4.91. The van der Waals surface area contributed by atoms with E-state index in [4.69, 9.17) is 5.26 Å². The first-order valence-electron chi connectivity index (χ1n) is 9.72. The number of sulfonamides is 1. The maximum atomic E-state index is 12.6.